The molecule has 7 heteroatoms. The van der Waals surface area contributed by atoms with E-state index in [2.05, 4.69) is 30.1 Å². The summed E-state index contributed by atoms with van der Waals surface area (Å²) in [6.45, 7) is 4.25. The maximum atomic E-state index is 13.1. The van der Waals surface area contributed by atoms with E-state index in [1.807, 2.05) is 18.2 Å². The molecule has 1 N–H and O–H groups in total. The van der Waals surface area contributed by atoms with Gasteiger partial charge in [0.2, 0.25) is 0 Å². The number of carbonyl (C=O) groups is 1. The number of rotatable bonds is 5. The molecule has 0 bridgehead atoms. The Kier molecular flexibility index (Phi) is 5.94. The molecule has 1 unspecified atom stereocenters. The Morgan fingerprint density at radius 2 is 2.14 bits per heavy atom. The number of aliphatic hydroxyl groups excluding tert-OH is 1. The van der Waals surface area contributed by atoms with E-state index in [-0.39, 0.29) is 24.2 Å². The Labute approximate surface area is 164 Å². The number of benzene rings is 1. The molecule has 0 aliphatic carbocycles. The van der Waals surface area contributed by atoms with Gasteiger partial charge in [-0.2, -0.15) is 0 Å². The van der Waals surface area contributed by atoms with Crippen LogP contribution in [0.2, 0.25) is 0 Å². The van der Waals surface area contributed by atoms with Crippen LogP contribution in [0.3, 0.4) is 0 Å². The quantitative estimate of drug-likeness (QED) is 0.803. The average Bonchev–Trinajstić information content (AvgIpc) is 3.12. The minimum atomic E-state index is -0.355. The zero-order chi connectivity index (χ0) is 20.3. The maximum absolute atomic E-state index is 13.1. The number of carbonyl (C=O) groups excluding carboxylic acids is 1. The Balaban J connectivity index is 1.95. The molecule has 28 heavy (non-hydrogen) atoms. The van der Waals surface area contributed by atoms with Crippen molar-refractivity contribution in [2.24, 2.45) is 5.16 Å². The Bertz CT molecular complexity index is 911. The normalized spacial score (nSPS) is 17.8. The lowest BCUT2D eigenvalue weighted by Crippen LogP contribution is -2.38. The van der Waals surface area contributed by atoms with Gasteiger partial charge in [0.1, 0.15) is 7.11 Å². The molecule has 1 aromatic heterocycles. The number of amides is 1. The zero-order valence-corrected chi connectivity index (χ0v) is 16.6. The Hall–Kier alpha value is -2.93. The van der Waals surface area contributed by atoms with E-state index in [1.54, 1.807) is 11.1 Å². The molecule has 7 nitrogen and oxygen atoms in total. The highest BCUT2D eigenvalue weighted by molar-refractivity contribution is 6.01. The summed E-state index contributed by atoms with van der Waals surface area (Å²) in [6.07, 6.45) is 2.16. The molecule has 1 aliphatic rings. The largest absolute Gasteiger partial charge is 0.494 e. The summed E-state index contributed by atoms with van der Waals surface area (Å²) in [5, 5.41) is 13.6. The third-order valence-electron chi connectivity index (χ3n) is 5.15. The third kappa shape index (κ3) is 3.71. The predicted octanol–water partition coefficient (Wildman–Crippen LogP) is 2.58. The van der Waals surface area contributed by atoms with E-state index >= 15 is 0 Å². The summed E-state index contributed by atoms with van der Waals surface area (Å²) in [4.78, 5) is 23.9. The fourth-order valence-electron chi connectivity index (χ4n) is 3.48. The number of aliphatic hydroxyl groups is 1. The molecule has 148 valence electrons. The second-order valence-corrected chi connectivity index (χ2v) is 6.84. The smallest absolute Gasteiger partial charge is 0.276 e. The molecule has 0 saturated carbocycles. The van der Waals surface area contributed by atoms with E-state index in [9.17, 15) is 9.90 Å². The lowest BCUT2D eigenvalue weighted by Gasteiger charge is -2.22. The van der Waals surface area contributed by atoms with Crippen LogP contribution in [0.15, 0.2) is 35.6 Å². The van der Waals surface area contributed by atoms with Crippen molar-refractivity contribution in [1.29, 1.82) is 0 Å². The molecule has 1 amide bonds. The number of likely N-dealkylation sites (tertiary alicyclic amines) is 1. The highest BCUT2D eigenvalue weighted by Crippen LogP contribution is 2.30. The van der Waals surface area contributed by atoms with Gasteiger partial charge in [-0.05, 0) is 36.6 Å². The van der Waals surface area contributed by atoms with Gasteiger partial charge in [-0.25, -0.2) is 4.98 Å². The molecular weight excluding hydrogens is 358 g/mol. The number of hydrogen-bond donors (Lipinski definition) is 1. The van der Waals surface area contributed by atoms with Gasteiger partial charge in [0, 0.05) is 18.2 Å². The Morgan fingerprint density at radius 1 is 1.36 bits per heavy atom. The lowest BCUT2D eigenvalue weighted by molar-refractivity contribution is 0.0670. The van der Waals surface area contributed by atoms with Crippen molar-refractivity contribution in [2.45, 2.75) is 26.3 Å². The van der Waals surface area contributed by atoms with Gasteiger partial charge in [0.05, 0.1) is 32.0 Å². The molecule has 2 aromatic rings. The van der Waals surface area contributed by atoms with Crippen molar-refractivity contribution >= 4 is 11.6 Å². The standard InChI is InChI=1S/C21H25N3O4/c1-13-6-5-7-18(14(13)2)15-8-19(27-3)20(22-10-15)21(26)24-11-16(23-28-4)9-17(24)12-25/h5-8,10,17,25H,9,11-12H2,1-4H3. The summed E-state index contributed by atoms with van der Waals surface area (Å²) in [5.74, 6) is 0.0990. The van der Waals surface area contributed by atoms with E-state index < -0.39 is 0 Å². The minimum Gasteiger partial charge on any atom is -0.494 e. The van der Waals surface area contributed by atoms with Crippen LogP contribution in [0, 0.1) is 13.8 Å². The van der Waals surface area contributed by atoms with Gasteiger partial charge in [-0.1, -0.05) is 23.4 Å². The SMILES string of the molecule is CON=C1CC(CO)N(C(=O)c2ncc(-c3cccc(C)c3C)cc2OC)C1. The second kappa shape index (κ2) is 8.39. The lowest BCUT2D eigenvalue weighted by atomic mass is 9.98. The molecular formula is C21H25N3O4. The first-order chi connectivity index (χ1) is 13.5. The van der Waals surface area contributed by atoms with E-state index in [4.69, 9.17) is 9.57 Å². The van der Waals surface area contributed by atoms with Gasteiger partial charge in [0.25, 0.3) is 5.91 Å². The van der Waals surface area contributed by atoms with Crippen LogP contribution in [-0.2, 0) is 4.84 Å². The Morgan fingerprint density at radius 3 is 2.82 bits per heavy atom. The number of methoxy groups -OCH3 is 1. The number of nitrogens with zero attached hydrogens (tertiary/aromatic N) is 3. The zero-order valence-electron chi connectivity index (χ0n) is 16.6. The predicted molar refractivity (Wildman–Crippen MR) is 107 cm³/mol. The summed E-state index contributed by atoms with van der Waals surface area (Å²) in [7, 11) is 2.98. The number of hydrogen-bond acceptors (Lipinski definition) is 6. The number of oxime groups is 1. The number of aromatic nitrogens is 1. The van der Waals surface area contributed by atoms with Gasteiger partial charge in [-0.15, -0.1) is 0 Å². The molecule has 1 fully saturated rings. The summed E-state index contributed by atoms with van der Waals surface area (Å²) in [5.41, 5.74) is 5.20. The molecule has 1 saturated heterocycles. The van der Waals surface area contributed by atoms with Crippen molar-refractivity contribution in [2.75, 3.05) is 27.4 Å². The van der Waals surface area contributed by atoms with Crippen LogP contribution in [0.1, 0.15) is 28.0 Å². The molecule has 1 aliphatic heterocycles. The fourth-order valence-corrected chi connectivity index (χ4v) is 3.48. The average molecular weight is 383 g/mol. The molecule has 0 radical (unpaired) electrons. The summed E-state index contributed by atoms with van der Waals surface area (Å²) in [6, 6.07) is 7.55. The number of aryl methyl sites for hydroxylation is 1. The van der Waals surface area contributed by atoms with Crippen molar-refractivity contribution < 1.29 is 19.5 Å². The first-order valence-corrected chi connectivity index (χ1v) is 9.11. The van der Waals surface area contributed by atoms with Crippen molar-refractivity contribution in [3.05, 3.63) is 47.3 Å². The summed E-state index contributed by atoms with van der Waals surface area (Å²) < 4.78 is 5.47. The molecule has 3 rings (SSSR count). The molecule has 1 aromatic carbocycles. The van der Waals surface area contributed by atoms with Crippen LogP contribution < -0.4 is 4.74 Å². The highest BCUT2D eigenvalue weighted by Gasteiger charge is 2.35. The van der Waals surface area contributed by atoms with Gasteiger partial charge in [-0.3, -0.25) is 4.79 Å². The first kappa shape index (κ1) is 19.8. The van der Waals surface area contributed by atoms with E-state index in [0.717, 1.165) is 16.7 Å². The third-order valence-corrected chi connectivity index (χ3v) is 5.15. The van der Waals surface area contributed by atoms with Crippen molar-refractivity contribution in [3.63, 3.8) is 0 Å². The summed E-state index contributed by atoms with van der Waals surface area (Å²) >= 11 is 0. The van der Waals surface area contributed by atoms with Gasteiger partial charge in [0.15, 0.2) is 11.4 Å². The topological polar surface area (TPSA) is 84.3 Å². The molecule has 0 spiro atoms. The number of pyridine rings is 1. The monoisotopic (exact) mass is 383 g/mol. The van der Waals surface area contributed by atoms with Crippen LogP contribution >= 0.6 is 0 Å². The van der Waals surface area contributed by atoms with E-state index in [0.29, 0.717) is 24.4 Å². The molecule has 1 atom stereocenters. The van der Waals surface area contributed by atoms with E-state index in [1.165, 1.54) is 19.8 Å². The second-order valence-electron chi connectivity index (χ2n) is 6.84. The van der Waals surface area contributed by atoms with Crippen molar-refractivity contribution in [3.8, 4) is 16.9 Å². The van der Waals surface area contributed by atoms with Crippen LogP contribution in [0.4, 0.5) is 0 Å². The highest BCUT2D eigenvalue weighted by atomic mass is 16.6. The van der Waals surface area contributed by atoms with Crippen LogP contribution in [-0.4, -0.2) is 60.0 Å². The number of ether oxygens (including phenoxy) is 1. The fraction of sp³-hybridized carbons (Fsp3) is 0.381. The maximum Gasteiger partial charge on any atom is 0.276 e. The van der Waals surface area contributed by atoms with Crippen LogP contribution in [0.5, 0.6) is 5.75 Å². The van der Waals surface area contributed by atoms with Crippen molar-refractivity contribution in [1.82, 2.24) is 9.88 Å². The van der Waals surface area contributed by atoms with Gasteiger partial charge < -0.3 is 19.6 Å². The molecule has 2 heterocycles. The minimum absolute atomic E-state index is 0.155. The van der Waals surface area contributed by atoms with Gasteiger partial charge >= 0.3 is 0 Å². The first-order valence-electron chi connectivity index (χ1n) is 9.11. The van der Waals surface area contributed by atoms with Crippen LogP contribution in [0.25, 0.3) is 11.1 Å².